The van der Waals surface area contributed by atoms with Crippen LogP contribution in [0, 0.1) is 21.3 Å². The van der Waals surface area contributed by atoms with Gasteiger partial charge in [0.1, 0.15) is 5.69 Å². The van der Waals surface area contributed by atoms with Gasteiger partial charge in [0.2, 0.25) is 5.95 Å². The van der Waals surface area contributed by atoms with E-state index in [4.69, 9.17) is 4.84 Å². The summed E-state index contributed by atoms with van der Waals surface area (Å²) >= 11 is 0.998. The Morgan fingerprint density at radius 3 is 2.13 bits per heavy atom. The second kappa shape index (κ2) is 13.1. The van der Waals surface area contributed by atoms with Gasteiger partial charge >= 0.3 is 30.6 Å². The number of nitrogens with one attached hydrogen (secondary N) is 1. The smallest absolute Gasteiger partial charge is 0.433 e. The van der Waals surface area contributed by atoms with Crippen LogP contribution in [0.4, 0.5) is 59.7 Å². The summed E-state index contributed by atoms with van der Waals surface area (Å²) in [7, 11) is 0. The van der Waals surface area contributed by atoms with E-state index in [2.05, 4.69) is 9.72 Å². The zero-order valence-electron chi connectivity index (χ0n) is 22.7. The second-order valence-corrected chi connectivity index (χ2v) is 10.8. The molecule has 20 heteroatoms. The lowest BCUT2D eigenvalue weighted by atomic mass is 9.93. The van der Waals surface area contributed by atoms with E-state index in [0.717, 1.165) is 59.1 Å². The third kappa shape index (κ3) is 7.35. The highest BCUT2D eigenvalue weighted by molar-refractivity contribution is 14.1. The first kappa shape index (κ1) is 35.6. The van der Waals surface area contributed by atoms with Gasteiger partial charge in [0.25, 0.3) is 11.8 Å². The molecular weight excluding hydrogens is 782 g/mol. The number of pyridine rings is 1. The van der Waals surface area contributed by atoms with E-state index in [9.17, 15) is 58.3 Å². The van der Waals surface area contributed by atoms with Crippen LogP contribution in [0.15, 0.2) is 48.7 Å². The number of carbonyl (C=O) groups excluding carboxylic acids is 3. The number of benzene rings is 2. The Kier molecular flexibility index (Phi) is 9.93. The zero-order chi connectivity index (χ0) is 35.1. The van der Waals surface area contributed by atoms with Crippen molar-refractivity contribution in [3.63, 3.8) is 0 Å². The summed E-state index contributed by atoms with van der Waals surface area (Å²) in [5, 5.41) is 1.95. The maximum absolute atomic E-state index is 15.8. The molecule has 2 aromatic carbocycles. The van der Waals surface area contributed by atoms with Gasteiger partial charge in [0.05, 0.1) is 22.7 Å². The van der Waals surface area contributed by atoms with Crippen molar-refractivity contribution in [2.24, 2.45) is 5.92 Å². The highest BCUT2D eigenvalue weighted by Crippen LogP contribution is 2.54. The van der Waals surface area contributed by atoms with E-state index in [-0.39, 0.29) is 17.2 Å². The molecule has 3 aromatic rings. The first-order valence-corrected chi connectivity index (χ1v) is 13.7. The van der Waals surface area contributed by atoms with Crippen molar-refractivity contribution >= 4 is 51.7 Å². The fourth-order valence-corrected chi connectivity index (χ4v) is 4.65. The maximum atomic E-state index is 15.8. The van der Waals surface area contributed by atoms with E-state index in [1.54, 1.807) is 0 Å². The first-order chi connectivity index (χ1) is 21.8. The number of hydroxylamine groups is 1. The lowest BCUT2D eigenvalue weighted by Crippen LogP contribution is -2.50. The molecule has 1 aliphatic rings. The molecule has 0 atom stereocenters. The summed E-state index contributed by atoms with van der Waals surface area (Å²) < 4.78 is 153. The van der Waals surface area contributed by atoms with Crippen LogP contribution in [-0.2, 0) is 15.3 Å². The van der Waals surface area contributed by atoms with Gasteiger partial charge in [0, 0.05) is 15.3 Å². The predicted octanol–water partition coefficient (Wildman–Crippen LogP) is 7.62. The molecule has 1 aliphatic carbocycles. The molecule has 1 fully saturated rings. The Hall–Kier alpha value is -4.24. The summed E-state index contributed by atoms with van der Waals surface area (Å²) in [6, 6.07) is 3.85. The lowest BCUT2D eigenvalue weighted by molar-refractivity contribution is -0.348. The summed E-state index contributed by atoms with van der Waals surface area (Å²) in [6.07, 6.45) is -11.8. The predicted molar refractivity (Wildman–Crippen MR) is 145 cm³/mol. The van der Waals surface area contributed by atoms with Crippen LogP contribution in [0.2, 0.25) is 0 Å². The molecule has 0 unspecified atom stereocenters. The number of anilines is 2. The number of ether oxygens (including phenoxy) is 1. The van der Waals surface area contributed by atoms with Crippen LogP contribution in [0.1, 0.15) is 39.1 Å². The van der Waals surface area contributed by atoms with Crippen molar-refractivity contribution in [3.8, 4) is 5.75 Å². The standard InChI is InChI=1S/C27H15F11IN3O5/c28-18-7-6-12(10-40-18)22(44)42(47-23(45)11-4-5-11)16-3-1-2-14(19(16)29)21(43)41-20-15(39)8-13(9-17(20)46-24(30)31)25(32,26(33,34)35)27(36,37)38/h1-3,6-11,24H,4-5H2,(H,41,43). The summed E-state index contributed by atoms with van der Waals surface area (Å²) in [5.74, 6) is -8.63. The third-order valence-electron chi connectivity index (χ3n) is 6.38. The van der Waals surface area contributed by atoms with Crippen molar-refractivity contribution in [2.45, 2.75) is 37.5 Å². The number of hydrogen-bond donors (Lipinski definition) is 1. The van der Waals surface area contributed by atoms with E-state index >= 15 is 4.39 Å². The minimum Gasteiger partial charge on any atom is -0.433 e. The molecule has 4 rings (SSSR count). The summed E-state index contributed by atoms with van der Waals surface area (Å²) in [6.45, 7) is -3.91. The Labute approximate surface area is 268 Å². The fraction of sp³-hybridized carbons (Fsp3) is 0.259. The highest BCUT2D eigenvalue weighted by Gasteiger charge is 2.73. The lowest BCUT2D eigenvalue weighted by Gasteiger charge is -2.31. The maximum Gasteiger partial charge on any atom is 0.435 e. The molecule has 0 saturated heterocycles. The van der Waals surface area contributed by atoms with Crippen molar-refractivity contribution in [1.29, 1.82) is 0 Å². The number of nitrogens with zero attached hydrogens (tertiary/aromatic N) is 2. The van der Waals surface area contributed by atoms with Gasteiger partial charge in [-0.15, -0.1) is 5.06 Å². The number of aromatic nitrogens is 1. The SMILES string of the molecule is O=C(Nc1c(I)cc(C(F)(C(F)(F)F)C(F)(F)F)cc1OC(F)F)c1cccc(N(OC(=O)C2CC2)C(=O)c2ccc(F)nc2)c1F. The largest absolute Gasteiger partial charge is 0.435 e. The average Bonchev–Trinajstić information content (AvgIpc) is 3.82. The minimum atomic E-state index is -6.62. The van der Waals surface area contributed by atoms with Crippen molar-refractivity contribution in [1.82, 2.24) is 4.98 Å². The second-order valence-electron chi connectivity index (χ2n) is 9.61. The normalized spacial score (nSPS) is 13.7. The number of rotatable bonds is 8. The van der Waals surface area contributed by atoms with E-state index in [0.29, 0.717) is 12.8 Å². The monoisotopic (exact) mass is 797 g/mol. The van der Waals surface area contributed by atoms with Crippen LogP contribution in [0.5, 0.6) is 5.75 Å². The molecule has 1 N–H and O–H groups in total. The van der Waals surface area contributed by atoms with Crippen molar-refractivity contribution in [3.05, 3.63) is 80.7 Å². The molecule has 252 valence electrons. The van der Waals surface area contributed by atoms with Gasteiger partial charge in [-0.25, -0.2) is 18.6 Å². The van der Waals surface area contributed by atoms with Crippen molar-refractivity contribution < 1.29 is 72.3 Å². The highest BCUT2D eigenvalue weighted by atomic mass is 127. The van der Waals surface area contributed by atoms with Gasteiger partial charge in [-0.05, 0) is 71.8 Å². The number of alkyl halides is 9. The van der Waals surface area contributed by atoms with E-state index < -0.39 is 97.5 Å². The molecule has 0 aliphatic heterocycles. The number of carbonyl (C=O) groups is 3. The third-order valence-corrected chi connectivity index (χ3v) is 7.23. The Morgan fingerprint density at radius 2 is 1.60 bits per heavy atom. The van der Waals surface area contributed by atoms with Crippen LogP contribution >= 0.6 is 22.6 Å². The first-order valence-electron chi connectivity index (χ1n) is 12.6. The van der Waals surface area contributed by atoms with E-state index in [1.807, 2.05) is 5.32 Å². The number of halogens is 12. The molecule has 0 spiro atoms. The van der Waals surface area contributed by atoms with Gasteiger partial charge in [0.15, 0.2) is 11.6 Å². The van der Waals surface area contributed by atoms with Crippen molar-refractivity contribution in [2.75, 3.05) is 10.4 Å². The van der Waals surface area contributed by atoms with Crippen LogP contribution in [-0.4, -0.2) is 41.7 Å². The molecule has 1 saturated carbocycles. The minimum absolute atomic E-state index is 0.0449. The molecule has 0 bridgehead atoms. The Balaban J connectivity index is 1.76. The van der Waals surface area contributed by atoms with Gasteiger partial charge in [-0.2, -0.15) is 39.5 Å². The van der Waals surface area contributed by atoms with Crippen LogP contribution in [0.25, 0.3) is 0 Å². The number of hydrogen-bond acceptors (Lipinski definition) is 6. The molecule has 2 amide bonds. The molecular formula is C27H15F11IN3O5. The van der Waals surface area contributed by atoms with Gasteiger partial charge in [-0.1, -0.05) is 6.07 Å². The zero-order valence-corrected chi connectivity index (χ0v) is 24.8. The molecule has 8 nitrogen and oxygen atoms in total. The van der Waals surface area contributed by atoms with Crippen LogP contribution < -0.4 is 15.1 Å². The van der Waals surface area contributed by atoms with Gasteiger partial charge < -0.3 is 14.9 Å². The molecule has 0 radical (unpaired) electrons. The average molecular weight is 797 g/mol. The topological polar surface area (TPSA) is 97.8 Å². The Morgan fingerprint density at radius 1 is 0.957 bits per heavy atom. The summed E-state index contributed by atoms with van der Waals surface area (Å²) in [5.41, 5.74) is -11.6. The number of amides is 2. The molecule has 1 heterocycles. The van der Waals surface area contributed by atoms with Gasteiger partial charge in [-0.3, -0.25) is 9.59 Å². The fourth-order valence-electron chi connectivity index (χ4n) is 3.91. The molecule has 1 aromatic heterocycles. The molecule has 47 heavy (non-hydrogen) atoms. The Bertz CT molecular complexity index is 1680. The quantitative estimate of drug-likeness (QED) is 0.109. The van der Waals surface area contributed by atoms with E-state index in [1.165, 1.54) is 0 Å². The summed E-state index contributed by atoms with van der Waals surface area (Å²) in [4.78, 5) is 47.0. The van der Waals surface area contributed by atoms with Crippen LogP contribution in [0.3, 0.4) is 0 Å².